The second-order valence-corrected chi connectivity index (χ2v) is 6.45. The molecule has 1 heterocycles. The summed E-state index contributed by atoms with van der Waals surface area (Å²) in [7, 11) is 1.59. The molecular weight excluding hydrogens is 398 g/mol. The minimum absolute atomic E-state index is 0.0504. The molecule has 1 aromatic heterocycles. The minimum Gasteiger partial charge on any atom is -0.497 e. The summed E-state index contributed by atoms with van der Waals surface area (Å²) in [5, 5.41) is 6.89. The van der Waals surface area contributed by atoms with Crippen molar-refractivity contribution in [2.24, 2.45) is 5.10 Å². The van der Waals surface area contributed by atoms with Crippen molar-refractivity contribution < 1.29 is 14.3 Å². The number of anilines is 2. The van der Waals surface area contributed by atoms with E-state index >= 15 is 0 Å². The SMILES string of the molecule is CCOc1ccc(NC(=O)c2c(N/N=C\c3ccc(OC)cc3)nc(=O)[nH]c2C)cc1. The quantitative estimate of drug-likeness (QED) is 0.380. The van der Waals surface area contributed by atoms with E-state index in [1.165, 1.54) is 0 Å². The number of carbonyl (C=O) groups is 1. The van der Waals surface area contributed by atoms with E-state index in [0.717, 1.165) is 11.3 Å². The lowest BCUT2D eigenvalue weighted by Gasteiger charge is -2.11. The molecule has 0 aliphatic rings. The Morgan fingerprint density at radius 1 is 1.13 bits per heavy atom. The van der Waals surface area contributed by atoms with Gasteiger partial charge in [0.1, 0.15) is 17.1 Å². The van der Waals surface area contributed by atoms with Crippen LogP contribution in [0.3, 0.4) is 0 Å². The third-order valence-corrected chi connectivity index (χ3v) is 4.27. The predicted octanol–water partition coefficient (Wildman–Crippen LogP) is 3.18. The van der Waals surface area contributed by atoms with Crippen LogP contribution >= 0.6 is 0 Å². The van der Waals surface area contributed by atoms with Gasteiger partial charge in [0.15, 0.2) is 5.82 Å². The van der Waals surface area contributed by atoms with Crippen molar-refractivity contribution in [3.8, 4) is 11.5 Å². The molecule has 0 fully saturated rings. The van der Waals surface area contributed by atoms with Crippen LogP contribution in [0.5, 0.6) is 11.5 Å². The van der Waals surface area contributed by atoms with Gasteiger partial charge in [-0.1, -0.05) is 0 Å². The number of methoxy groups -OCH3 is 1. The molecule has 3 aromatic rings. The van der Waals surface area contributed by atoms with Gasteiger partial charge in [0.25, 0.3) is 5.91 Å². The smallest absolute Gasteiger partial charge is 0.347 e. The second-order valence-electron chi connectivity index (χ2n) is 6.45. The zero-order valence-electron chi connectivity index (χ0n) is 17.4. The molecule has 3 rings (SSSR count). The van der Waals surface area contributed by atoms with Crippen LogP contribution in [0.2, 0.25) is 0 Å². The van der Waals surface area contributed by atoms with Crippen molar-refractivity contribution in [2.45, 2.75) is 13.8 Å². The average molecular weight is 421 g/mol. The Morgan fingerprint density at radius 2 is 1.81 bits per heavy atom. The van der Waals surface area contributed by atoms with Gasteiger partial charge in [-0.2, -0.15) is 10.1 Å². The molecule has 0 bridgehead atoms. The molecule has 3 N–H and O–H groups in total. The molecule has 0 atom stereocenters. The van der Waals surface area contributed by atoms with Crippen molar-refractivity contribution in [1.29, 1.82) is 0 Å². The van der Waals surface area contributed by atoms with E-state index in [4.69, 9.17) is 9.47 Å². The van der Waals surface area contributed by atoms with E-state index in [-0.39, 0.29) is 11.4 Å². The van der Waals surface area contributed by atoms with Crippen LogP contribution in [0.15, 0.2) is 58.4 Å². The maximum Gasteiger partial charge on any atom is 0.347 e. The van der Waals surface area contributed by atoms with E-state index in [9.17, 15) is 9.59 Å². The van der Waals surface area contributed by atoms with Gasteiger partial charge in [0.2, 0.25) is 0 Å². The number of benzene rings is 2. The Balaban J connectivity index is 1.78. The van der Waals surface area contributed by atoms with Crippen LogP contribution in [0.4, 0.5) is 11.5 Å². The van der Waals surface area contributed by atoms with Gasteiger partial charge in [-0.25, -0.2) is 4.79 Å². The normalized spacial score (nSPS) is 10.7. The maximum absolute atomic E-state index is 12.9. The summed E-state index contributed by atoms with van der Waals surface area (Å²) < 4.78 is 10.5. The minimum atomic E-state index is -0.586. The highest BCUT2D eigenvalue weighted by Gasteiger charge is 2.18. The van der Waals surface area contributed by atoms with E-state index in [0.29, 0.717) is 23.7 Å². The van der Waals surface area contributed by atoms with E-state index < -0.39 is 11.6 Å². The summed E-state index contributed by atoms with van der Waals surface area (Å²) in [5.74, 6) is 1.05. The molecule has 0 saturated heterocycles. The van der Waals surface area contributed by atoms with E-state index in [2.05, 4.69) is 25.8 Å². The number of amides is 1. The number of nitrogens with zero attached hydrogens (tertiary/aromatic N) is 2. The van der Waals surface area contributed by atoms with Gasteiger partial charge in [-0.3, -0.25) is 10.2 Å². The van der Waals surface area contributed by atoms with Crippen molar-refractivity contribution in [2.75, 3.05) is 24.5 Å². The van der Waals surface area contributed by atoms with Crippen LogP contribution in [0, 0.1) is 6.92 Å². The highest BCUT2D eigenvalue weighted by molar-refractivity contribution is 6.08. The fourth-order valence-electron chi connectivity index (χ4n) is 2.80. The molecule has 0 aliphatic heterocycles. The van der Waals surface area contributed by atoms with Crippen molar-refractivity contribution in [1.82, 2.24) is 9.97 Å². The largest absolute Gasteiger partial charge is 0.497 e. The highest BCUT2D eigenvalue weighted by atomic mass is 16.5. The van der Waals surface area contributed by atoms with E-state index in [1.54, 1.807) is 56.6 Å². The number of aryl methyl sites for hydroxylation is 1. The molecule has 0 saturated carbocycles. The third-order valence-electron chi connectivity index (χ3n) is 4.27. The lowest BCUT2D eigenvalue weighted by molar-refractivity contribution is 0.102. The summed E-state index contributed by atoms with van der Waals surface area (Å²) in [5.41, 5.74) is 4.03. The molecule has 160 valence electrons. The lowest BCUT2D eigenvalue weighted by Crippen LogP contribution is -2.23. The summed E-state index contributed by atoms with van der Waals surface area (Å²) in [6.45, 7) is 4.07. The monoisotopic (exact) mass is 421 g/mol. The molecular formula is C22H23N5O4. The average Bonchev–Trinajstić information content (AvgIpc) is 2.75. The van der Waals surface area contributed by atoms with E-state index in [1.807, 2.05) is 19.1 Å². The number of H-pyrrole nitrogens is 1. The first-order chi connectivity index (χ1) is 15.0. The molecule has 0 unspecified atom stereocenters. The molecule has 0 spiro atoms. The molecule has 0 aliphatic carbocycles. The fourth-order valence-corrected chi connectivity index (χ4v) is 2.80. The Bertz CT molecular complexity index is 1120. The second kappa shape index (κ2) is 10.1. The number of nitrogens with one attached hydrogen (secondary N) is 3. The summed E-state index contributed by atoms with van der Waals surface area (Å²) in [4.78, 5) is 31.1. The molecule has 31 heavy (non-hydrogen) atoms. The van der Waals surface area contributed by atoms with Crippen molar-refractivity contribution >= 4 is 23.6 Å². The summed E-state index contributed by atoms with van der Waals surface area (Å²) in [6.07, 6.45) is 1.55. The van der Waals surface area contributed by atoms with Crippen LogP contribution in [0.25, 0.3) is 0 Å². The van der Waals surface area contributed by atoms with Crippen LogP contribution in [0.1, 0.15) is 28.5 Å². The number of rotatable bonds is 8. The van der Waals surface area contributed by atoms with Crippen LogP contribution < -0.4 is 25.9 Å². The van der Waals surface area contributed by atoms with Gasteiger partial charge in [0, 0.05) is 11.4 Å². The van der Waals surface area contributed by atoms with Gasteiger partial charge in [0.05, 0.1) is 19.9 Å². The predicted molar refractivity (Wildman–Crippen MR) is 119 cm³/mol. The Kier molecular flexibility index (Phi) is 7.00. The molecule has 1 amide bonds. The molecule has 9 nitrogen and oxygen atoms in total. The van der Waals surface area contributed by atoms with Crippen molar-refractivity contribution in [3.05, 3.63) is 75.8 Å². The molecule has 0 radical (unpaired) electrons. The number of aromatic amines is 1. The van der Waals surface area contributed by atoms with Gasteiger partial charge < -0.3 is 19.8 Å². The molecule has 2 aromatic carbocycles. The van der Waals surface area contributed by atoms with Crippen LogP contribution in [-0.4, -0.2) is 35.8 Å². The fraction of sp³-hybridized carbons (Fsp3) is 0.182. The Labute approximate surface area is 179 Å². The highest BCUT2D eigenvalue weighted by Crippen LogP contribution is 2.19. The zero-order valence-corrected chi connectivity index (χ0v) is 17.4. The zero-order chi connectivity index (χ0) is 22.2. The summed E-state index contributed by atoms with van der Waals surface area (Å²) in [6, 6.07) is 14.2. The number of hydrazone groups is 1. The first-order valence-corrected chi connectivity index (χ1v) is 9.58. The summed E-state index contributed by atoms with van der Waals surface area (Å²) >= 11 is 0. The Hall–Kier alpha value is -4.14. The maximum atomic E-state index is 12.9. The topological polar surface area (TPSA) is 118 Å². The first kappa shape index (κ1) is 21.6. The number of aromatic nitrogens is 2. The van der Waals surface area contributed by atoms with Crippen LogP contribution in [-0.2, 0) is 0 Å². The molecule has 9 heteroatoms. The third kappa shape index (κ3) is 5.69. The lowest BCUT2D eigenvalue weighted by atomic mass is 10.2. The number of hydrogen-bond acceptors (Lipinski definition) is 7. The number of ether oxygens (including phenoxy) is 2. The number of carbonyl (C=O) groups excluding carboxylic acids is 1. The van der Waals surface area contributed by atoms with Gasteiger partial charge in [-0.15, -0.1) is 0 Å². The van der Waals surface area contributed by atoms with Gasteiger partial charge in [-0.05, 0) is 67.9 Å². The van der Waals surface area contributed by atoms with Gasteiger partial charge >= 0.3 is 5.69 Å². The first-order valence-electron chi connectivity index (χ1n) is 9.58. The number of hydrogen-bond donors (Lipinski definition) is 3. The van der Waals surface area contributed by atoms with Crippen molar-refractivity contribution in [3.63, 3.8) is 0 Å². The standard InChI is InChI=1S/C22H23N5O4/c1-4-31-18-11-7-16(8-12-18)25-21(28)19-14(2)24-22(29)26-20(19)27-23-13-15-5-9-17(30-3)10-6-15/h5-13H,4H2,1-3H3,(H,25,28)(H2,24,26,27,29)/b23-13-. The Morgan fingerprint density at radius 3 is 2.45 bits per heavy atom.